The monoisotopic (exact) mass is 225 g/mol. The fraction of sp³-hybridized carbons (Fsp3) is 0.0714. The molecule has 0 radical (unpaired) electrons. The Morgan fingerprint density at radius 3 is 2.69 bits per heavy atom. The molecule has 0 fully saturated rings. The van der Waals surface area contributed by atoms with Crippen LogP contribution in [-0.2, 0) is 0 Å². The van der Waals surface area contributed by atoms with Gasteiger partial charge in [0.15, 0.2) is 0 Å². The van der Waals surface area contributed by atoms with E-state index >= 15 is 0 Å². The van der Waals surface area contributed by atoms with Crippen molar-refractivity contribution in [3.8, 4) is 10.6 Å². The Morgan fingerprint density at radius 2 is 1.88 bits per heavy atom. The molecule has 0 amide bonds. The largest absolute Gasteiger partial charge is 0.247 e. The molecule has 0 saturated heterocycles. The molecule has 0 bridgehead atoms. The van der Waals surface area contributed by atoms with Gasteiger partial charge in [0.25, 0.3) is 0 Å². The lowest BCUT2D eigenvalue weighted by atomic mass is 10.1. The van der Waals surface area contributed by atoms with E-state index in [1.54, 1.807) is 11.3 Å². The highest BCUT2D eigenvalue weighted by molar-refractivity contribution is 7.13. The molecular weight excluding hydrogens is 214 g/mol. The quantitative estimate of drug-likeness (QED) is 0.602. The van der Waals surface area contributed by atoms with Crippen molar-refractivity contribution < 1.29 is 0 Å². The molecule has 3 rings (SSSR count). The Hall–Kier alpha value is -1.67. The van der Waals surface area contributed by atoms with Crippen LogP contribution >= 0.6 is 11.3 Å². The molecule has 0 unspecified atom stereocenters. The van der Waals surface area contributed by atoms with Crippen molar-refractivity contribution in [3.63, 3.8) is 0 Å². The Balaban J connectivity index is 2.23. The number of para-hydroxylation sites is 1. The molecule has 0 aliphatic rings. The van der Waals surface area contributed by atoms with E-state index in [1.807, 2.05) is 12.1 Å². The Kier molecular flexibility index (Phi) is 2.22. The van der Waals surface area contributed by atoms with E-state index in [0.29, 0.717) is 0 Å². The normalized spacial score (nSPS) is 10.8. The summed E-state index contributed by atoms with van der Waals surface area (Å²) in [5.41, 5.74) is 3.44. The summed E-state index contributed by atoms with van der Waals surface area (Å²) >= 11 is 1.75. The smallest absolute Gasteiger partial charge is 0.0812 e. The number of rotatable bonds is 1. The lowest BCUT2D eigenvalue weighted by molar-refractivity contribution is 1.40. The van der Waals surface area contributed by atoms with Crippen LogP contribution in [0.25, 0.3) is 21.5 Å². The third-order valence-corrected chi connectivity index (χ3v) is 3.73. The minimum Gasteiger partial charge on any atom is -0.247 e. The molecule has 3 aromatic rings. The minimum atomic E-state index is 1.06. The fourth-order valence-corrected chi connectivity index (χ4v) is 2.72. The van der Waals surface area contributed by atoms with Crippen LogP contribution in [0.3, 0.4) is 0 Å². The Bertz CT molecular complexity index is 640. The predicted molar refractivity (Wildman–Crippen MR) is 69.8 cm³/mol. The zero-order valence-corrected chi connectivity index (χ0v) is 9.79. The van der Waals surface area contributed by atoms with Gasteiger partial charge in [-0.1, -0.05) is 24.3 Å². The first-order valence-corrected chi connectivity index (χ1v) is 6.13. The van der Waals surface area contributed by atoms with Gasteiger partial charge in [0.05, 0.1) is 16.1 Å². The van der Waals surface area contributed by atoms with Crippen LogP contribution in [0.5, 0.6) is 0 Å². The topological polar surface area (TPSA) is 12.9 Å². The summed E-state index contributed by atoms with van der Waals surface area (Å²) in [6, 6.07) is 14.6. The van der Waals surface area contributed by atoms with Crippen LogP contribution < -0.4 is 0 Å². The Morgan fingerprint density at radius 1 is 1.00 bits per heavy atom. The van der Waals surface area contributed by atoms with Gasteiger partial charge >= 0.3 is 0 Å². The second kappa shape index (κ2) is 3.72. The number of thiophene rings is 1. The molecule has 16 heavy (non-hydrogen) atoms. The Labute approximate surface area is 98.4 Å². The molecule has 2 heteroatoms. The first-order valence-electron chi connectivity index (χ1n) is 5.25. The first-order chi connectivity index (χ1) is 7.84. The van der Waals surface area contributed by atoms with Gasteiger partial charge in [-0.05, 0) is 36.1 Å². The molecule has 1 nitrogen and oxygen atoms in total. The van der Waals surface area contributed by atoms with E-state index in [4.69, 9.17) is 0 Å². The number of hydrogen-bond donors (Lipinski definition) is 0. The van der Waals surface area contributed by atoms with Crippen molar-refractivity contribution in [2.45, 2.75) is 6.92 Å². The van der Waals surface area contributed by atoms with E-state index in [2.05, 4.69) is 47.6 Å². The average molecular weight is 225 g/mol. The predicted octanol–water partition coefficient (Wildman–Crippen LogP) is 4.27. The average Bonchev–Trinajstić information content (AvgIpc) is 2.75. The number of benzene rings is 1. The van der Waals surface area contributed by atoms with Gasteiger partial charge in [-0.3, -0.25) is 0 Å². The summed E-state index contributed by atoms with van der Waals surface area (Å²) < 4.78 is 0. The van der Waals surface area contributed by atoms with Gasteiger partial charge in [-0.25, -0.2) is 4.98 Å². The van der Waals surface area contributed by atoms with Crippen molar-refractivity contribution in [2.75, 3.05) is 0 Å². The SMILES string of the molecule is Cc1ccsc1-c1ccc2ccccc2n1. The maximum absolute atomic E-state index is 4.69. The summed E-state index contributed by atoms with van der Waals surface area (Å²) in [5.74, 6) is 0. The standard InChI is InChI=1S/C14H11NS/c1-10-8-9-16-14(10)13-7-6-11-4-2-3-5-12(11)15-13/h2-9H,1H3. The number of aromatic nitrogens is 1. The van der Waals surface area contributed by atoms with Crippen molar-refractivity contribution in [3.05, 3.63) is 53.4 Å². The van der Waals surface area contributed by atoms with Crippen molar-refractivity contribution >= 4 is 22.2 Å². The molecule has 0 aliphatic heterocycles. The molecular formula is C14H11NS. The summed E-state index contributed by atoms with van der Waals surface area (Å²) in [5, 5.41) is 3.31. The van der Waals surface area contributed by atoms with Crippen molar-refractivity contribution in [1.82, 2.24) is 4.98 Å². The number of nitrogens with zero attached hydrogens (tertiary/aromatic N) is 1. The van der Waals surface area contributed by atoms with Crippen LogP contribution in [0.15, 0.2) is 47.8 Å². The molecule has 0 atom stereocenters. The summed E-state index contributed by atoms with van der Waals surface area (Å²) in [6.45, 7) is 2.13. The number of hydrogen-bond acceptors (Lipinski definition) is 2. The maximum Gasteiger partial charge on any atom is 0.0812 e. The molecule has 0 N–H and O–H groups in total. The zero-order chi connectivity index (χ0) is 11.0. The molecule has 0 spiro atoms. The van der Waals surface area contributed by atoms with E-state index in [-0.39, 0.29) is 0 Å². The van der Waals surface area contributed by atoms with Crippen LogP contribution in [0.2, 0.25) is 0 Å². The van der Waals surface area contributed by atoms with Gasteiger partial charge in [-0.15, -0.1) is 11.3 Å². The number of fused-ring (bicyclic) bond motifs is 1. The van der Waals surface area contributed by atoms with Crippen LogP contribution in [0.1, 0.15) is 5.56 Å². The van der Waals surface area contributed by atoms with E-state index in [1.165, 1.54) is 15.8 Å². The van der Waals surface area contributed by atoms with Gasteiger partial charge in [0, 0.05) is 5.39 Å². The summed E-state index contributed by atoms with van der Waals surface area (Å²) in [4.78, 5) is 5.96. The van der Waals surface area contributed by atoms with E-state index < -0.39 is 0 Å². The molecule has 2 heterocycles. The highest BCUT2D eigenvalue weighted by Gasteiger charge is 2.05. The molecule has 0 aliphatic carbocycles. The maximum atomic E-state index is 4.69. The van der Waals surface area contributed by atoms with Gasteiger partial charge in [-0.2, -0.15) is 0 Å². The summed E-state index contributed by atoms with van der Waals surface area (Å²) in [7, 11) is 0. The number of pyridine rings is 1. The fourth-order valence-electron chi connectivity index (χ4n) is 1.83. The third-order valence-electron chi connectivity index (χ3n) is 2.69. The third kappa shape index (κ3) is 1.51. The van der Waals surface area contributed by atoms with Crippen molar-refractivity contribution in [2.24, 2.45) is 0 Å². The van der Waals surface area contributed by atoms with Crippen LogP contribution in [0.4, 0.5) is 0 Å². The van der Waals surface area contributed by atoms with Gasteiger partial charge in [0.1, 0.15) is 0 Å². The summed E-state index contributed by atoms with van der Waals surface area (Å²) in [6.07, 6.45) is 0. The molecule has 0 saturated carbocycles. The molecule has 1 aromatic carbocycles. The highest BCUT2D eigenvalue weighted by Crippen LogP contribution is 2.28. The van der Waals surface area contributed by atoms with E-state index in [0.717, 1.165) is 11.2 Å². The first kappa shape index (κ1) is 9.55. The van der Waals surface area contributed by atoms with Crippen LogP contribution in [-0.4, -0.2) is 4.98 Å². The van der Waals surface area contributed by atoms with Gasteiger partial charge in [0.2, 0.25) is 0 Å². The zero-order valence-electron chi connectivity index (χ0n) is 8.97. The van der Waals surface area contributed by atoms with Crippen molar-refractivity contribution in [1.29, 1.82) is 0 Å². The second-order valence-electron chi connectivity index (χ2n) is 3.82. The molecule has 78 valence electrons. The minimum absolute atomic E-state index is 1.06. The lowest BCUT2D eigenvalue weighted by Crippen LogP contribution is -1.83. The van der Waals surface area contributed by atoms with E-state index in [9.17, 15) is 0 Å². The molecule has 2 aromatic heterocycles. The second-order valence-corrected chi connectivity index (χ2v) is 4.74. The van der Waals surface area contributed by atoms with Crippen LogP contribution in [0, 0.1) is 6.92 Å². The highest BCUT2D eigenvalue weighted by atomic mass is 32.1. The lowest BCUT2D eigenvalue weighted by Gasteiger charge is -2.01. The van der Waals surface area contributed by atoms with Gasteiger partial charge < -0.3 is 0 Å². The number of aryl methyl sites for hydroxylation is 1.